The van der Waals surface area contributed by atoms with Crippen molar-refractivity contribution in [3.63, 3.8) is 0 Å². The standard InChI is InChI=1S/C21H23NO4S/c1-14-8-10-17(11-9-14)27-13-12-20(24)26-16(3)21(25)22-19-7-5-4-6-18(19)15(2)23/h4-11,16H,12-13H2,1-3H3,(H,22,25). The van der Waals surface area contributed by atoms with Crippen molar-refractivity contribution in [1.82, 2.24) is 0 Å². The number of amides is 1. The highest BCUT2D eigenvalue weighted by Crippen LogP contribution is 2.20. The molecule has 0 radical (unpaired) electrons. The SMILES string of the molecule is CC(=O)c1ccccc1NC(=O)C(C)OC(=O)CCSc1ccc(C)cc1. The van der Waals surface area contributed by atoms with Crippen LogP contribution in [0.5, 0.6) is 0 Å². The monoisotopic (exact) mass is 385 g/mol. The van der Waals surface area contributed by atoms with Crippen LogP contribution < -0.4 is 5.32 Å². The van der Waals surface area contributed by atoms with Crippen molar-refractivity contribution in [3.8, 4) is 0 Å². The summed E-state index contributed by atoms with van der Waals surface area (Å²) in [4.78, 5) is 36.9. The summed E-state index contributed by atoms with van der Waals surface area (Å²) in [5, 5.41) is 2.64. The van der Waals surface area contributed by atoms with E-state index in [1.165, 1.54) is 19.4 Å². The topological polar surface area (TPSA) is 72.5 Å². The van der Waals surface area contributed by atoms with Crippen molar-refractivity contribution >= 4 is 35.1 Å². The highest BCUT2D eigenvalue weighted by Gasteiger charge is 2.19. The van der Waals surface area contributed by atoms with Gasteiger partial charge in [0, 0.05) is 16.2 Å². The van der Waals surface area contributed by atoms with Gasteiger partial charge in [0.15, 0.2) is 11.9 Å². The minimum atomic E-state index is -0.943. The van der Waals surface area contributed by atoms with Crippen LogP contribution in [0.3, 0.4) is 0 Å². The molecule has 1 amide bonds. The maximum Gasteiger partial charge on any atom is 0.307 e. The fourth-order valence-electron chi connectivity index (χ4n) is 2.33. The van der Waals surface area contributed by atoms with Gasteiger partial charge in [0.2, 0.25) is 0 Å². The number of para-hydroxylation sites is 1. The number of Topliss-reactive ketones (excluding diaryl/α,β-unsaturated/α-hetero) is 1. The number of benzene rings is 2. The Bertz CT molecular complexity index is 817. The number of ether oxygens (including phenoxy) is 1. The van der Waals surface area contributed by atoms with Crippen LogP contribution in [0.2, 0.25) is 0 Å². The zero-order valence-corrected chi connectivity index (χ0v) is 16.5. The molecule has 2 rings (SSSR count). The van der Waals surface area contributed by atoms with E-state index in [1.54, 1.807) is 36.0 Å². The van der Waals surface area contributed by atoms with Gasteiger partial charge in [0.05, 0.1) is 12.1 Å². The third-order valence-electron chi connectivity index (χ3n) is 3.84. The third-order valence-corrected chi connectivity index (χ3v) is 4.85. The fraction of sp³-hybridized carbons (Fsp3) is 0.286. The summed E-state index contributed by atoms with van der Waals surface area (Å²) in [5.41, 5.74) is 2.01. The third kappa shape index (κ3) is 6.57. The van der Waals surface area contributed by atoms with Gasteiger partial charge in [-0.15, -0.1) is 11.8 Å². The minimum Gasteiger partial charge on any atom is -0.453 e. The van der Waals surface area contributed by atoms with Gasteiger partial charge in [0.1, 0.15) is 0 Å². The first-order chi connectivity index (χ1) is 12.9. The van der Waals surface area contributed by atoms with Crippen molar-refractivity contribution in [2.45, 2.75) is 38.2 Å². The highest BCUT2D eigenvalue weighted by molar-refractivity contribution is 7.99. The molecule has 1 atom stereocenters. The number of rotatable bonds is 8. The van der Waals surface area contributed by atoms with Gasteiger partial charge < -0.3 is 10.1 Å². The zero-order valence-electron chi connectivity index (χ0n) is 15.7. The molecule has 6 heteroatoms. The summed E-state index contributed by atoms with van der Waals surface area (Å²) >= 11 is 1.56. The maximum atomic E-state index is 12.2. The van der Waals surface area contributed by atoms with Gasteiger partial charge in [-0.3, -0.25) is 14.4 Å². The molecule has 0 saturated carbocycles. The molecule has 0 heterocycles. The molecule has 1 N–H and O–H groups in total. The van der Waals surface area contributed by atoms with E-state index in [1.807, 2.05) is 31.2 Å². The van der Waals surface area contributed by atoms with Crippen LogP contribution in [0.25, 0.3) is 0 Å². The van der Waals surface area contributed by atoms with Crippen molar-refractivity contribution in [2.24, 2.45) is 0 Å². The average Bonchev–Trinajstić information content (AvgIpc) is 2.63. The van der Waals surface area contributed by atoms with Crippen LogP contribution >= 0.6 is 11.8 Å². The predicted molar refractivity (Wildman–Crippen MR) is 107 cm³/mol. The molecule has 2 aromatic rings. The normalized spacial score (nSPS) is 11.5. The number of aryl methyl sites for hydroxylation is 1. The van der Waals surface area contributed by atoms with E-state index in [-0.39, 0.29) is 12.2 Å². The number of nitrogens with one attached hydrogen (secondary N) is 1. The van der Waals surface area contributed by atoms with Gasteiger partial charge in [-0.1, -0.05) is 29.8 Å². The largest absolute Gasteiger partial charge is 0.453 e. The number of anilines is 1. The Morgan fingerprint density at radius 2 is 1.74 bits per heavy atom. The Morgan fingerprint density at radius 3 is 2.41 bits per heavy atom. The molecule has 0 saturated heterocycles. The summed E-state index contributed by atoms with van der Waals surface area (Å²) in [6.45, 7) is 4.96. The van der Waals surface area contributed by atoms with Gasteiger partial charge in [-0.05, 0) is 45.0 Å². The number of hydrogen-bond acceptors (Lipinski definition) is 5. The van der Waals surface area contributed by atoms with Crippen molar-refractivity contribution in [3.05, 3.63) is 59.7 Å². The number of carbonyl (C=O) groups is 3. The molecule has 0 aliphatic heterocycles. The smallest absolute Gasteiger partial charge is 0.307 e. The molecule has 1 unspecified atom stereocenters. The second kappa shape index (κ2) is 9.92. The number of ketones is 1. The number of esters is 1. The molecule has 0 aromatic heterocycles. The molecule has 2 aromatic carbocycles. The predicted octanol–water partition coefficient (Wildman–Crippen LogP) is 4.25. The van der Waals surface area contributed by atoms with Crippen LogP contribution in [-0.2, 0) is 14.3 Å². The molecule has 0 fully saturated rings. The van der Waals surface area contributed by atoms with E-state index >= 15 is 0 Å². The number of thioether (sulfide) groups is 1. The quantitative estimate of drug-likeness (QED) is 0.418. The molecule has 27 heavy (non-hydrogen) atoms. The zero-order chi connectivity index (χ0) is 19.8. The summed E-state index contributed by atoms with van der Waals surface area (Å²) in [6, 6.07) is 14.8. The van der Waals surface area contributed by atoms with Crippen molar-refractivity contribution in [2.75, 3.05) is 11.1 Å². The lowest BCUT2D eigenvalue weighted by Crippen LogP contribution is -2.30. The summed E-state index contributed by atoms with van der Waals surface area (Å²) in [6.07, 6.45) is -0.734. The first-order valence-electron chi connectivity index (χ1n) is 8.66. The summed E-state index contributed by atoms with van der Waals surface area (Å²) in [7, 11) is 0. The van der Waals surface area contributed by atoms with Crippen molar-refractivity contribution in [1.29, 1.82) is 0 Å². The minimum absolute atomic E-state index is 0.149. The van der Waals surface area contributed by atoms with E-state index < -0.39 is 18.0 Å². The Balaban J connectivity index is 1.80. The van der Waals surface area contributed by atoms with Gasteiger partial charge >= 0.3 is 5.97 Å². The molecule has 0 aliphatic rings. The molecule has 0 bridgehead atoms. The maximum absolute atomic E-state index is 12.2. The molecular formula is C21H23NO4S. The molecule has 142 valence electrons. The first kappa shape index (κ1) is 20.7. The van der Waals surface area contributed by atoms with E-state index in [0.717, 1.165) is 4.90 Å². The highest BCUT2D eigenvalue weighted by atomic mass is 32.2. The van der Waals surface area contributed by atoms with Crippen LogP contribution in [0.1, 0.15) is 36.2 Å². The molecule has 0 spiro atoms. The van der Waals surface area contributed by atoms with Crippen LogP contribution in [0.15, 0.2) is 53.4 Å². The Kier molecular flexibility index (Phi) is 7.61. The van der Waals surface area contributed by atoms with E-state index in [9.17, 15) is 14.4 Å². The average molecular weight is 385 g/mol. The Hall–Kier alpha value is -2.60. The lowest BCUT2D eigenvalue weighted by atomic mass is 10.1. The van der Waals surface area contributed by atoms with Crippen LogP contribution in [0.4, 0.5) is 5.69 Å². The first-order valence-corrected chi connectivity index (χ1v) is 9.65. The Morgan fingerprint density at radius 1 is 1.07 bits per heavy atom. The Labute approximate surface area is 163 Å². The fourth-order valence-corrected chi connectivity index (χ4v) is 3.16. The van der Waals surface area contributed by atoms with E-state index in [4.69, 9.17) is 4.74 Å². The van der Waals surface area contributed by atoms with Crippen LogP contribution in [0, 0.1) is 6.92 Å². The van der Waals surface area contributed by atoms with Crippen molar-refractivity contribution < 1.29 is 19.1 Å². The van der Waals surface area contributed by atoms with Gasteiger partial charge in [-0.25, -0.2) is 0 Å². The molecule has 0 aliphatic carbocycles. The lowest BCUT2D eigenvalue weighted by Gasteiger charge is -2.15. The molecular weight excluding hydrogens is 362 g/mol. The van der Waals surface area contributed by atoms with Gasteiger partial charge in [-0.2, -0.15) is 0 Å². The van der Waals surface area contributed by atoms with Crippen LogP contribution in [-0.4, -0.2) is 29.5 Å². The number of hydrogen-bond donors (Lipinski definition) is 1. The summed E-state index contributed by atoms with van der Waals surface area (Å²) in [5.74, 6) is -0.479. The molecule has 5 nitrogen and oxygen atoms in total. The second-order valence-corrected chi connectivity index (χ2v) is 7.30. The van der Waals surface area contributed by atoms with Gasteiger partial charge in [0.25, 0.3) is 5.91 Å². The van der Waals surface area contributed by atoms with E-state index in [0.29, 0.717) is 17.0 Å². The van der Waals surface area contributed by atoms with E-state index in [2.05, 4.69) is 5.32 Å². The lowest BCUT2D eigenvalue weighted by molar-refractivity contribution is -0.152. The summed E-state index contributed by atoms with van der Waals surface area (Å²) < 4.78 is 5.19. The second-order valence-electron chi connectivity index (χ2n) is 6.13. The number of carbonyl (C=O) groups excluding carboxylic acids is 3.